The van der Waals surface area contributed by atoms with Gasteiger partial charge in [-0.05, 0) is 43.4 Å². The van der Waals surface area contributed by atoms with Crippen molar-refractivity contribution in [2.75, 3.05) is 0 Å². The van der Waals surface area contributed by atoms with Crippen molar-refractivity contribution >= 4 is 12.0 Å². The molecule has 0 aromatic heterocycles. The quantitative estimate of drug-likeness (QED) is 0.475. The summed E-state index contributed by atoms with van der Waals surface area (Å²) in [5.41, 5.74) is 1.10. The number of benzene rings is 1. The molecule has 1 rings (SSSR count). The van der Waals surface area contributed by atoms with Crippen LogP contribution in [0.5, 0.6) is 5.75 Å². The van der Waals surface area contributed by atoms with E-state index in [1.807, 2.05) is 30.3 Å². The molecule has 0 saturated carbocycles. The predicted octanol–water partition coefficient (Wildman–Crippen LogP) is 5.69. The molecule has 23 heavy (non-hydrogen) atoms. The number of ether oxygens (including phenoxy) is 1. The number of aliphatic carboxylic acids is 1. The van der Waals surface area contributed by atoms with Crippen molar-refractivity contribution in [2.45, 2.75) is 70.8 Å². The van der Waals surface area contributed by atoms with E-state index in [9.17, 15) is 4.79 Å². The molecule has 1 N–H and O–H groups in total. The van der Waals surface area contributed by atoms with E-state index in [4.69, 9.17) is 9.84 Å². The van der Waals surface area contributed by atoms with Gasteiger partial charge in [0.15, 0.2) is 0 Å². The van der Waals surface area contributed by atoms with Gasteiger partial charge in [0, 0.05) is 6.42 Å². The van der Waals surface area contributed by atoms with Gasteiger partial charge in [0.2, 0.25) is 0 Å². The Labute approximate surface area is 140 Å². The number of hydrogen-bond acceptors (Lipinski definition) is 2. The van der Waals surface area contributed by atoms with Gasteiger partial charge in [0.05, 0.1) is 6.10 Å². The van der Waals surface area contributed by atoms with Crippen molar-refractivity contribution in [3.05, 3.63) is 36.4 Å². The molecule has 3 nitrogen and oxygen atoms in total. The van der Waals surface area contributed by atoms with E-state index in [1.165, 1.54) is 19.3 Å². The highest BCUT2D eigenvalue weighted by Gasteiger charge is 2.08. The topological polar surface area (TPSA) is 46.5 Å². The number of hydrogen-bond donors (Lipinski definition) is 1. The fourth-order valence-electron chi connectivity index (χ4n) is 2.58. The zero-order valence-corrected chi connectivity index (χ0v) is 14.3. The first-order chi connectivity index (χ1) is 11.2. The lowest BCUT2D eigenvalue weighted by Crippen LogP contribution is -2.15. The number of carboxylic acid groups (broad SMARTS) is 1. The van der Waals surface area contributed by atoms with E-state index in [0.29, 0.717) is 6.42 Å². The molecular weight excluding hydrogens is 288 g/mol. The van der Waals surface area contributed by atoms with Crippen LogP contribution in [-0.2, 0) is 4.79 Å². The summed E-state index contributed by atoms with van der Waals surface area (Å²) >= 11 is 0. The molecule has 1 atom stereocenters. The molecule has 0 aliphatic heterocycles. The largest absolute Gasteiger partial charge is 0.490 e. The van der Waals surface area contributed by atoms with Gasteiger partial charge in [-0.1, -0.05) is 57.4 Å². The maximum absolute atomic E-state index is 10.4. The van der Waals surface area contributed by atoms with Crippen LogP contribution in [0, 0.1) is 0 Å². The summed E-state index contributed by atoms with van der Waals surface area (Å²) in [5.74, 6) is 0.241. The number of rotatable bonds is 13. The highest BCUT2D eigenvalue weighted by molar-refractivity contribution is 5.66. The van der Waals surface area contributed by atoms with Gasteiger partial charge < -0.3 is 9.84 Å². The normalized spacial score (nSPS) is 11.9. The molecule has 128 valence electrons. The van der Waals surface area contributed by atoms with E-state index in [2.05, 4.69) is 13.5 Å². The van der Waals surface area contributed by atoms with Crippen LogP contribution in [-0.4, -0.2) is 17.2 Å². The summed E-state index contributed by atoms with van der Waals surface area (Å²) in [6.07, 6.45) is 11.0. The van der Waals surface area contributed by atoms with Crippen molar-refractivity contribution in [1.82, 2.24) is 0 Å². The van der Waals surface area contributed by atoms with Crippen molar-refractivity contribution in [2.24, 2.45) is 0 Å². The lowest BCUT2D eigenvalue weighted by atomic mass is 10.0. The van der Waals surface area contributed by atoms with Gasteiger partial charge in [-0.25, -0.2) is 0 Å². The molecule has 1 aromatic carbocycles. The number of carboxylic acids is 1. The first-order valence-corrected chi connectivity index (χ1v) is 8.76. The third-order valence-electron chi connectivity index (χ3n) is 4.04. The molecular formula is C20H30O3. The van der Waals surface area contributed by atoms with Crippen LogP contribution in [0.25, 0.3) is 6.08 Å². The summed E-state index contributed by atoms with van der Waals surface area (Å²) < 4.78 is 6.04. The van der Waals surface area contributed by atoms with E-state index in [0.717, 1.165) is 43.4 Å². The van der Waals surface area contributed by atoms with E-state index in [-0.39, 0.29) is 6.10 Å². The molecule has 1 aromatic rings. The van der Waals surface area contributed by atoms with E-state index < -0.39 is 5.97 Å². The minimum absolute atomic E-state index is 0.275. The van der Waals surface area contributed by atoms with E-state index >= 15 is 0 Å². The van der Waals surface area contributed by atoms with E-state index in [1.54, 1.807) is 0 Å². The van der Waals surface area contributed by atoms with Crippen LogP contribution in [0.1, 0.15) is 70.3 Å². The Balaban J connectivity index is 2.13. The monoisotopic (exact) mass is 318 g/mol. The molecule has 0 spiro atoms. The van der Waals surface area contributed by atoms with Crippen LogP contribution < -0.4 is 4.74 Å². The molecule has 0 amide bonds. The Morgan fingerprint density at radius 3 is 2.30 bits per heavy atom. The van der Waals surface area contributed by atoms with Crippen LogP contribution >= 0.6 is 0 Å². The molecule has 0 heterocycles. The molecule has 3 heteroatoms. The molecule has 0 aliphatic carbocycles. The Morgan fingerprint density at radius 1 is 1.13 bits per heavy atom. The lowest BCUT2D eigenvalue weighted by Gasteiger charge is -2.17. The Morgan fingerprint density at radius 2 is 1.74 bits per heavy atom. The Kier molecular flexibility index (Phi) is 9.85. The molecule has 0 fully saturated rings. The maximum Gasteiger partial charge on any atom is 0.303 e. The van der Waals surface area contributed by atoms with Gasteiger partial charge >= 0.3 is 5.97 Å². The first-order valence-electron chi connectivity index (χ1n) is 8.76. The Bertz CT molecular complexity index is 450. The standard InChI is InChI=1S/C20H30O3/c1-3-17-13-15-19(16-14-17)23-18(4-2)11-9-7-5-6-8-10-12-20(21)22/h3,13-16,18H,1,4-12H2,2H3,(H,21,22). The number of unbranched alkanes of at least 4 members (excludes halogenated alkanes) is 5. The first kappa shape index (κ1) is 19.3. The zero-order chi connectivity index (χ0) is 16.9. The minimum Gasteiger partial charge on any atom is -0.490 e. The minimum atomic E-state index is -0.686. The average molecular weight is 318 g/mol. The van der Waals surface area contributed by atoms with Gasteiger partial charge in [-0.2, -0.15) is 0 Å². The second kappa shape index (κ2) is 11.8. The predicted molar refractivity (Wildman–Crippen MR) is 95.8 cm³/mol. The highest BCUT2D eigenvalue weighted by Crippen LogP contribution is 2.19. The van der Waals surface area contributed by atoms with Crippen LogP contribution in [0.2, 0.25) is 0 Å². The fraction of sp³-hybridized carbons (Fsp3) is 0.550. The Hall–Kier alpha value is -1.77. The molecule has 0 radical (unpaired) electrons. The van der Waals surface area contributed by atoms with Crippen LogP contribution in [0.4, 0.5) is 0 Å². The van der Waals surface area contributed by atoms with Gasteiger partial charge in [-0.15, -0.1) is 0 Å². The summed E-state index contributed by atoms with van der Waals surface area (Å²) in [7, 11) is 0. The summed E-state index contributed by atoms with van der Waals surface area (Å²) in [5, 5.41) is 8.57. The van der Waals surface area contributed by atoms with Crippen molar-refractivity contribution in [3.63, 3.8) is 0 Å². The molecule has 1 unspecified atom stereocenters. The van der Waals surface area contributed by atoms with Crippen molar-refractivity contribution in [3.8, 4) is 5.75 Å². The van der Waals surface area contributed by atoms with Gasteiger partial charge in [0.1, 0.15) is 5.75 Å². The second-order valence-corrected chi connectivity index (χ2v) is 5.98. The van der Waals surface area contributed by atoms with Crippen LogP contribution in [0.15, 0.2) is 30.8 Å². The fourth-order valence-corrected chi connectivity index (χ4v) is 2.58. The molecule has 0 aliphatic rings. The molecule has 0 saturated heterocycles. The summed E-state index contributed by atoms with van der Waals surface area (Å²) in [4.78, 5) is 10.4. The van der Waals surface area contributed by atoms with Gasteiger partial charge in [-0.3, -0.25) is 4.79 Å². The number of carbonyl (C=O) groups is 1. The summed E-state index contributed by atoms with van der Waals surface area (Å²) in [6, 6.07) is 8.04. The SMILES string of the molecule is C=Cc1ccc(OC(CC)CCCCCCCCC(=O)O)cc1. The average Bonchev–Trinajstić information content (AvgIpc) is 2.56. The zero-order valence-electron chi connectivity index (χ0n) is 14.3. The lowest BCUT2D eigenvalue weighted by molar-refractivity contribution is -0.137. The summed E-state index contributed by atoms with van der Waals surface area (Å²) in [6.45, 7) is 5.91. The van der Waals surface area contributed by atoms with Gasteiger partial charge in [0.25, 0.3) is 0 Å². The second-order valence-electron chi connectivity index (χ2n) is 5.98. The van der Waals surface area contributed by atoms with Crippen LogP contribution in [0.3, 0.4) is 0 Å². The maximum atomic E-state index is 10.4. The smallest absolute Gasteiger partial charge is 0.303 e. The van der Waals surface area contributed by atoms with Crippen molar-refractivity contribution in [1.29, 1.82) is 0 Å². The molecule has 0 bridgehead atoms. The van der Waals surface area contributed by atoms with Crippen molar-refractivity contribution < 1.29 is 14.6 Å². The third kappa shape index (κ3) is 9.07. The highest BCUT2D eigenvalue weighted by atomic mass is 16.5. The third-order valence-corrected chi connectivity index (χ3v) is 4.04.